The molecule has 0 radical (unpaired) electrons. The Balaban J connectivity index is 1.21. The van der Waals surface area contributed by atoms with Gasteiger partial charge in [-0.05, 0) is 60.9 Å². The molecule has 3 aromatic heterocycles. The molecule has 0 unspecified atom stereocenters. The van der Waals surface area contributed by atoms with Gasteiger partial charge in [-0.25, -0.2) is 19.4 Å². The van der Waals surface area contributed by atoms with E-state index >= 15 is 4.39 Å². The van der Waals surface area contributed by atoms with Crippen LogP contribution in [0.1, 0.15) is 45.9 Å². The Morgan fingerprint density at radius 3 is 2.49 bits per heavy atom. The van der Waals surface area contributed by atoms with Gasteiger partial charge in [0, 0.05) is 42.4 Å². The maximum Gasteiger partial charge on any atom is 0.416 e. The lowest BCUT2D eigenvalue weighted by atomic mass is 9.93. The number of likely N-dealkylation sites (tertiary alicyclic amines) is 1. The minimum absolute atomic E-state index is 0.140. The molecule has 0 bridgehead atoms. The first-order valence-corrected chi connectivity index (χ1v) is 14.1. The number of nitrogens with one attached hydrogen (secondary N) is 1. The number of hydrogen-bond acceptors (Lipinski definition) is 6. The molecule has 2 amide bonds. The van der Waals surface area contributed by atoms with Crippen LogP contribution in [0.15, 0.2) is 85.2 Å². The maximum absolute atomic E-state index is 15.1. The van der Waals surface area contributed by atoms with Crippen LogP contribution in [0.3, 0.4) is 0 Å². The molecule has 9 nitrogen and oxygen atoms in total. The van der Waals surface area contributed by atoms with Gasteiger partial charge >= 0.3 is 12.3 Å². The number of carbonyl (C=O) groups is 2. The van der Waals surface area contributed by atoms with Gasteiger partial charge in [0.25, 0.3) is 5.91 Å². The van der Waals surface area contributed by atoms with Crippen molar-refractivity contribution >= 4 is 28.7 Å². The molecule has 0 spiro atoms. The van der Waals surface area contributed by atoms with Crippen molar-refractivity contribution in [2.75, 3.05) is 18.4 Å². The fourth-order valence-electron chi connectivity index (χ4n) is 5.33. The summed E-state index contributed by atoms with van der Waals surface area (Å²) in [6, 6.07) is 18.6. The monoisotopic (exact) mass is 618 g/mol. The Bertz CT molecular complexity index is 1840. The van der Waals surface area contributed by atoms with Crippen LogP contribution in [0.2, 0.25) is 0 Å². The lowest BCUT2D eigenvalue weighted by Crippen LogP contribution is -2.39. The van der Waals surface area contributed by atoms with Gasteiger partial charge in [0.1, 0.15) is 17.9 Å². The van der Waals surface area contributed by atoms with E-state index in [1.807, 2.05) is 30.3 Å². The minimum atomic E-state index is -4.58. The summed E-state index contributed by atoms with van der Waals surface area (Å²) in [5.74, 6) is -1.86. The zero-order valence-corrected chi connectivity index (χ0v) is 23.7. The molecule has 1 saturated heterocycles. The second-order valence-electron chi connectivity index (χ2n) is 10.5. The highest BCUT2D eigenvalue weighted by Crippen LogP contribution is 2.34. The van der Waals surface area contributed by atoms with Crippen molar-refractivity contribution < 1.29 is 31.9 Å². The first-order chi connectivity index (χ1) is 21.7. The molecule has 1 aliphatic heterocycles. The van der Waals surface area contributed by atoms with E-state index in [1.165, 1.54) is 23.0 Å². The molecule has 0 aliphatic carbocycles. The van der Waals surface area contributed by atoms with E-state index in [9.17, 15) is 22.8 Å². The number of anilines is 1. The minimum Gasteiger partial charge on any atom is -0.445 e. The second kappa shape index (κ2) is 12.3. The van der Waals surface area contributed by atoms with Gasteiger partial charge in [0.05, 0.1) is 16.9 Å². The van der Waals surface area contributed by atoms with Gasteiger partial charge in [-0.15, -0.1) is 0 Å². The Hall–Kier alpha value is -5.33. The average Bonchev–Trinajstić information content (AvgIpc) is 3.45. The van der Waals surface area contributed by atoms with Crippen molar-refractivity contribution in [2.24, 2.45) is 0 Å². The fraction of sp³-hybridized carbons (Fsp3) is 0.219. The lowest BCUT2D eigenvalue weighted by Gasteiger charge is -2.31. The number of amides is 2. The van der Waals surface area contributed by atoms with E-state index in [0.717, 1.165) is 30.3 Å². The number of ether oxygens (including phenoxy) is 1. The van der Waals surface area contributed by atoms with Gasteiger partial charge in [-0.2, -0.15) is 22.7 Å². The first kappa shape index (κ1) is 29.7. The number of fused-ring (bicyclic) bond motifs is 1. The fourth-order valence-corrected chi connectivity index (χ4v) is 5.33. The van der Waals surface area contributed by atoms with Crippen LogP contribution in [-0.2, 0) is 17.5 Å². The zero-order chi connectivity index (χ0) is 31.6. The summed E-state index contributed by atoms with van der Waals surface area (Å²) in [6.45, 7) is 1.02. The second-order valence-corrected chi connectivity index (χ2v) is 10.5. The van der Waals surface area contributed by atoms with Gasteiger partial charge in [-0.3, -0.25) is 4.79 Å². The van der Waals surface area contributed by atoms with Crippen LogP contribution in [0.25, 0.3) is 16.6 Å². The van der Waals surface area contributed by atoms with Crippen molar-refractivity contribution in [3.63, 3.8) is 0 Å². The molecule has 0 saturated carbocycles. The van der Waals surface area contributed by atoms with E-state index < -0.39 is 29.7 Å². The van der Waals surface area contributed by atoms with E-state index in [-0.39, 0.29) is 29.4 Å². The molecular formula is C32H26F4N6O3. The number of nitrogens with zero attached hydrogens (tertiary/aromatic N) is 5. The molecule has 4 heterocycles. The third-order valence-corrected chi connectivity index (χ3v) is 7.55. The smallest absolute Gasteiger partial charge is 0.416 e. The van der Waals surface area contributed by atoms with E-state index in [0.29, 0.717) is 36.3 Å². The number of alkyl halides is 3. The number of halogens is 4. The van der Waals surface area contributed by atoms with E-state index in [4.69, 9.17) is 9.84 Å². The molecule has 6 rings (SSSR count). The van der Waals surface area contributed by atoms with Crippen molar-refractivity contribution in [3.8, 4) is 5.69 Å². The number of hydrogen-bond donors (Lipinski definition) is 1. The van der Waals surface area contributed by atoms with Crippen molar-refractivity contribution in [1.82, 2.24) is 24.6 Å². The number of aromatic nitrogens is 4. The van der Waals surface area contributed by atoms with Gasteiger partial charge in [0.2, 0.25) is 5.95 Å². The zero-order valence-electron chi connectivity index (χ0n) is 23.7. The summed E-state index contributed by atoms with van der Waals surface area (Å²) in [4.78, 5) is 34.8. The first-order valence-electron chi connectivity index (χ1n) is 14.1. The normalized spacial score (nSPS) is 15.2. The molecular weight excluding hydrogens is 592 g/mol. The topological polar surface area (TPSA) is 102 Å². The number of rotatable bonds is 6. The van der Waals surface area contributed by atoms with Crippen LogP contribution in [0.4, 0.5) is 28.2 Å². The Morgan fingerprint density at radius 1 is 0.978 bits per heavy atom. The van der Waals surface area contributed by atoms with Crippen LogP contribution in [0, 0.1) is 5.95 Å². The third-order valence-electron chi connectivity index (χ3n) is 7.55. The van der Waals surface area contributed by atoms with Gasteiger partial charge < -0.3 is 15.0 Å². The van der Waals surface area contributed by atoms with Crippen LogP contribution in [-0.4, -0.2) is 49.7 Å². The molecule has 5 aromatic rings. The third kappa shape index (κ3) is 6.47. The summed E-state index contributed by atoms with van der Waals surface area (Å²) < 4.78 is 61.2. The molecule has 230 valence electrons. The Morgan fingerprint density at radius 2 is 1.73 bits per heavy atom. The summed E-state index contributed by atoms with van der Waals surface area (Å²) in [5.41, 5.74) is 1.26. The van der Waals surface area contributed by atoms with Crippen molar-refractivity contribution in [3.05, 3.63) is 114 Å². The van der Waals surface area contributed by atoms with Crippen LogP contribution >= 0.6 is 0 Å². The molecule has 1 aliphatic rings. The summed E-state index contributed by atoms with van der Waals surface area (Å²) in [6.07, 6.45) is -1.27. The SMILES string of the molecule is O=C(Nc1cc(C(F)(F)F)ccn1)c1ccc(-n2nc([C@@H]3CCCN(C(=O)OCc4ccccc4)C3)c3ccnc(F)c32)cc1. The predicted molar refractivity (Wildman–Crippen MR) is 156 cm³/mol. The number of piperidine rings is 1. The van der Waals surface area contributed by atoms with Crippen molar-refractivity contribution in [2.45, 2.75) is 31.5 Å². The largest absolute Gasteiger partial charge is 0.445 e. The van der Waals surface area contributed by atoms with Gasteiger partial charge in [-0.1, -0.05) is 30.3 Å². The van der Waals surface area contributed by atoms with Crippen molar-refractivity contribution in [1.29, 1.82) is 0 Å². The summed E-state index contributed by atoms with van der Waals surface area (Å²) >= 11 is 0. The Labute approximate surface area is 254 Å². The van der Waals surface area contributed by atoms with Gasteiger partial charge in [0.15, 0.2) is 0 Å². The number of carbonyl (C=O) groups excluding carboxylic acids is 2. The highest BCUT2D eigenvalue weighted by Gasteiger charge is 2.32. The molecule has 2 aromatic carbocycles. The predicted octanol–water partition coefficient (Wildman–Crippen LogP) is 6.74. The quantitative estimate of drug-likeness (QED) is 0.167. The van der Waals surface area contributed by atoms with Crippen LogP contribution in [0.5, 0.6) is 0 Å². The molecule has 13 heteroatoms. The summed E-state index contributed by atoms with van der Waals surface area (Å²) in [7, 11) is 0. The highest BCUT2D eigenvalue weighted by atomic mass is 19.4. The summed E-state index contributed by atoms with van der Waals surface area (Å²) in [5, 5.41) is 7.66. The van der Waals surface area contributed by atoms with E-state index in [2.05, 4.69) is 15.3 Å². The molecule has 1 fully saturated rings. The lowest BCUT2D eigenvalue weighted by molar-refractivity contribution is -0.137. The molecule has 45 heavy (non-hydrogen) atoms. The maximum atomic E-state index is 15.1. The Kier molecular flexibility index (Phi) is 8.16. The number of benzene rings is 2. The molecule has 1 atom stereocenters. The van der Waals surface area contributed by atoms with E-state index in [1.54, 1.807) is 23.1 Å². The number of pyridine rings is 2. The van der Waals surface area contributed by atoms with Crippen LogP contribution < -0.4 is 5.32 Å². The average molecular weight is 619 g/mol. The molecule has 1 N–H and O–H groups in total. The highest BCUT2D eigenvalue weighted by molar-refractivity contribution is 6.03. The standard InChI is InChI=1S/C32H26F4N6O3/c33-29-28-25(13-15-38-29)27(22-7-4-16-41(18-22)31(44)45-19-20-5-2-1-3-6-20)40-42(28)24-10-8-21(9-11-24)30(43)39-26-17-23(12-14-37-26)32(34,35)36/h1-3,5-6,8-15,17,22H,4,7,16,18-19H2,(H,37,39,43)/t22-/m1/s1.